The summed E-state index contributed by atoms with van der Waals surface area (Å²) in [6.07, 6.45) is 3.36. The Labute approximate surface area is 166 Å². The number of aryl methyl sites for hydroxylation is 1. The fourth-order valence-corrected chi connectivity index (χ4v) is 3.23. The molecule has 2 aromatic heterocycles. The van der Waals surface area contributed by atoms with Crippen LogP contribution in [0.5, 0.6) is 11.5 Å². The average Bonchev–Trinajstić information content (AvgIpc) is 3.32. The van der Waals surface area contributed by atoms with E-state index in [1.54, 1.807) is 38.3 Å². The zero-order valence-electron chi connectivity index (χ0n) is 16.3. The first-order chi connectivity index (χ1) is 14.1. The molecule has 9 nitrogen and oxygen atoms in total. The molecule has 0 spiro atoms. The lowest BCUT2D eigenvalue weighted by Crippen LogP contribution is -2.19. The van der Waals surface area contributed by atoms with Crippen LogP contribution >= 0.6 is 0 Å². The van der Waals surface area contributed by atoms with Gasteiger partial charge in [-0.05, 0) is 29.8 Å². The molecule has 0 fully saturated rings. The first-order valence-electron chi connectivity index (χ1n) is 8.92. The number of rotatable bonds is 6. The summed E-state index contributed by atoms with van der Waals surface area (Å²) in [5, 5.41) is 15.6. The number of amides is 1. The van der Waals surface area contributed by atoms with E-state index >= 15 is 0 Å². The van der Waals surface area contributed by atoms with Crippen molar-refractivity contribution in [3.63, 3.8) is 0 Å². The lowest BCUT2D eigenvalue weighted by Gasteiger charge is -2.13. The predicted octanol–water partition coefficient (Wildman–Crippen LogP) is 2.49. The highest BCUT2D eigenvalue weighted by atomic mass is 16.5. The van der Waals surface area contributed by atoms with Gasteiger partial charge in [0.2, 0.25) is 5.91 Å². The van der Waals surface area contributed by atoms with Crippen molar-refractivity contribution in [2.24, 2.45) is 7.05 Å². The molecule has 0 aliphatic carbocycles. The topological polar surface area (TPSA) is 96.1 Å². The van der Waals surface area contributed by atoms with Crippen molar-refractivity contribution < 1.29 is 14.3 Å². The summed E-state index contributed by atoms with van der Waals surface area (Å²) in [4.78, 5) is 12.3. The lowest BCUT2D eigenvalue weighted by atomic mass is 10.0. The predicted molar refractivity (Wildman–Crippen MR) is 108 cm³/mol. The van der Waals surface area contributed by atoms with E-state index in [4.69, 9.17) is 9.47 Å². The molecule has 1 N–H and O–H groups in total. The first-order valence-corrected chi connectivity index (χ1v) is 8.92. The Balaban J connectivity index is 1.62. The van der Waals surface area contributed by atoms with Crippen molar-refractivity contribution in [3.8, 4) is 22.6 Å². The minimum atomic E-state index is -0.231. The molecule has 2 aromatic carbocycles. The van der Waals surface area contributed by atoms with Crippen LogP contribution in [0.25, 0.3) is 22.0 Å². The summed E-state index contributed by atoms with van der Waals surface area (Å²) < 4.78 is 14.2. The van der Waals surface area contributed by atoms with Crippen molar-refractivity contribution in [2.75, 3.05) is 19.5 Å². The second-order valence-electron chi connectivity index (χ2n) is 6.44. The van der Waals surface area contributed by atoms with E-state index in [0.29, 0.717) is 5.82 Å². The molecule has 0 unspecified atom stereocenters. The SMILES string of the molecule is COc1cccc(OC)c1-c1ccc2c(cnn2CC(=O)Nc2cn(C)nn2)c1. The number of carbonyl (C=O) groups excluding carboxylic acids is 1. The maximum absolute atomic E-state index is 12.3. The van der Waals surface area contributed by atoms with Gasteiger partial charge in [-0.2, -0.15) is 5.10 Å². The van der Waals surface area contributed by atoms with Crippen LogP contribution in [0.2, 0.25) is 0 Å². The van der Waals surface area contributed by atoms with Gasteiger partial charge in [0.15, 0.2) is 5.82 Å². The normalized spacial score (nSPS) is 10.9. The summed E-state index contributed by atoms with van der Waals surface area (Å²) in [5.41, 5.74) is 2.65. The number of hydrogen-bond acceptors (Lipinski definition) is 6. The van der Waals surface area contributed by atoms with Gasteiger partial charge in [0.05, 0.1) is 37.7 Å². The molecule has 0 aliphatic heterocycles. The second kappa shape index (κ2) is 7.63. The van der Waals surface area contributed by atoms with Crippen LogP contribution in [-0.4, -0.2) is 44.9 Å². The molecule has 0 bridgehead atoms. The van der Waals surface area contributed by atoms with Crippen molar-refractivity contribution in [3.05, 3.63) is 48.8 Å². The van der Waals surface area contributed by atoms with E-state index < -0.39 is 0 Å². The quantitative estimate of drug-likeness (QED) is 0.542. The largest absolute Gasteiger partial charge is 0.496 e. The molecule has 4 aromatic rings. The number of methoxy groups -OCH3 is 2. The molecule has 0 saturated carbocycles. The fourth-order valence-electron chi connectivity index (χ4n) is 3.23. The van der Waals surface area contributed by atoms with Gasteiger partial charge in [-0.15, -0.1) is 5.10 Å². The average molecular weight is 392 g/mol. The molecule has 0 saturated heterocycles. The third kappa shape index (κ3) is 3.62. The van der Waals surface area contributed by atoms with Crippen molar-refractivity contribution >= 4 is 22.6 Å². The Morgan fingerprint density at radius 2 is 1.90 bits per heavy atom. The number of benzene rings is 2. The third-order valence-electron chi connectivity index (χ3n) is 4.52. The summed E-state index contributed by atoms with van der Waals surface area (Å²) in [6.45, 7) is 0.0669. The number of carbonyl (C=O) groups is 1. The molecule has 0 aliphatic rings. The molecule has 9 heteroatoms. The standard InChI is InChI=1S/C20H20N6O3/c1-25-11-18(23-24-25)22-19(27)12-26-15-8-7-13(9-14(15)10-21-26)20-16(28-2)5-4-6-17(20)29-3/h4-11H,12H2,1-3H3,(H,22,27). The molecule has 29 heavy (non-hydrogen) atoms. The van der Waals surface area contributed by atoms with E-state index in [0.717, 1.165) is 33.5 Å². The van der Waals surface area contributed by atoms with Gasteiger partial charge in [-0.25, -0.2) is 0 Å². The van der Waals surface area contributed by atoms with Crippen LogP contribution < -0.4 is 14.8 Å². The van der Waals surface area contributed by atoms with Crippen molar-refractivity contribution in [2.45, 2.75) is 6.54 Å². The Morgan fingerprint density at radius 1 is 1.14 bits per heavy atom. The van der Waals surface area contributed by atoms with E-state index in [2.05, 4.69) is 20.7 Å². The number of ether oxygens (including phenoxy) is 2. The van der Waals surface area contributed by atoms with E-state index in [1.165, 1.54) is 4.68 Å². The fraction of sp³-hybridized carbons (Fsp3) is 0.200. The van der Waals surface area contributed by atoms with Gasteiger partial charge >= 0.3 is 0 Å². The van der Waals surface area contributed by atoms with Crippen LogP contribution in [-0.2, 0) is 18.4 Å². The summed E-state index contributed by atoms with van der Waals surface area (Å²) in [7, 11) is 4.99. The van der Waals surface area contributed by atoms with Crippen LogP contribution in [0.15, 0.2) is 48.8 Å². The molecular weight excluding hydrogens is 372 g/mol. The van der Waals surface area contributed by atoms with Gasteiger partial charge in [-0.3, -0.25) is 14.2 Å². The number of anilines is 1. The zero-order valence-corrected chi connectivity index (χ0v) is 16.3. The molecule has 148 valence electrons. The first kappa shape index (κ1) is 18.5. The van der Waals surface area contributed by atoms with Gasteiger partial charge < -0.3 is 14.8 Å². The second-order valence-corrected chi connectivity index (χ2v) is 6.44. The molecule has 4 rings (SSSR count). The van der Waals surface area contributed by atoms with Crippen LogP contribution in [0.1, 0.15) is 0 Å². The van der Waals surface area contributed by atoms with Gasteiger partial charge in [0.1, 0.15) is 18.0 Å². The Morgan fingerprint density at radius 3 is 2.55 bits per heavy atom. The summed E-state index contributed by atoms with van der Waals surface area (Å²) >= 11 is 0. The van der Waals surface area contributed by atoms with E-state index in [1.807, 2.05) is 36.4 Å². The van der Waals surface area contributed by atoms with Gasteiger partial charge in [-0.1, -0.05) is 17.3 Å². The molecule has 0 radical (unpaired) electrons. The van der Waals surface area contributed by atoms with Gasteiger partial charge in [0, 0.05) is 12.4 Å². The number of nitrogens with zero attached hydrogens (tertiary/aromatic N) is 5. The van der Waals surface area contributed by atoms with E-state index in [-0.39, 0.29) is 12.5 Å². The minimum absolute atomic E-state index is 0.0669. The molecule has 0 atom stereocenters. The molecule has 1 amide bonds. The van der Waals surface area contributed by atoms with Crippen LogP contribution in [0.3, 0.4) is 0 Å². The van der Waals surface area contributed by atoms with Crippen molar-refractivity contribution in [1.82, 2.24) is 24.8 Å². The third-order valence-corrected chi connectivity index (χ3v) is 4.52. The smallest absolute Gasteiger partial charge is 0.247 e. The Hall–Kier alpha value is -3.88. The number of fused-ring (bicyclic) bond motifs is 1. The summed E-state index contributed by atoms with van der Waals surface area (Å²) in [6, 6.07) is 11.6. The number of aromatic nitrogens is 5. The zero-order chi connectivity index (χ0) is 20.4. The maximum atomic E-state index is 12.3. The van der Waals surface area contributed by atoms with Gasteiger partial charge in [0.25, 0.3) is 0 Å². The van der Waals surface area contributed by atoms with Crippen LogP contribution in [0.4, 0.5) is 5.82 Å². The molecular formula is C20H20N6O3. The highest BCUT2D eigenvalue weighted by Crippen LogP contribution is 2.39. The Bertz CT molecular complexity index is 1160. The Kier molecular flexibility index (Phi) is 4.86. The van der Waals surface area contributed by atoms with E-state index in [9.17, 15) is 4.79 Å². The van der Waals surface area contributed by atoms with Crippen LogP contribution in [0, 0.1) is 0 Å². The molecule has 2 heterocycles. The highest BCUT2D eigenvalue weighted by molar-refractivity contribution is 5.92. The maximum Gasteiger partial charge on any atom is 0.247 e. The minimum Gasteiger partial charge on any atom is -0.496 e. The number of nitrogens with one attached hydrogen (secondary N) is 1. The monoisotopic (exact) mass is 392 g/mol. The summed E-state index contributed by atoms with van der Waals surface area (Å²) in [5.74, 6) is 1.62. The lowest BCUT2D eigenvalue weighted by molar-refractivity contribution is -0.116. The van der Waals surface area contributed by atoms with Crippen molar-refractivity contribution in [1.29, 1.82) is 0 Å². The highest BCUT2D eigenvalue weighted by Gasteiger charge is 2.15. The number of hydrogen-bond donors (Lipinski definition) is 1.